The third-order valence-electron chi connectivity index (χ3n) is 3.98. The third kappa shape index (κ3) is 3.22. The number of phenolic OH excluding ortho intramolecular Hbond substituents is 1. The Kier molecular flexibility index (Phi) is 4.23. The Hall–Kier alpha value is -1.09. The van der Waals surface area contributed by atoms with E-state index in [9.17, 15) is 9.50 Å². The van der Waals surface area contributed by atoms with Crippen molar-refractivity contribution in [2.24, 2.45) is 5.92 Å². The minimum absolute atomic E-state index is 0.271. The molecule has 1 fully saturated rings. The molecule has 3 heteroatoms. The molecule has 0 bridgehead atoms. The van der Waals surface area contributed by atoms with Gasteiger partial charge in [-0.2, -0.15) is 0 Å². The molecule has 2 unspecified atom stereocenters. The Morgan fingerprint density at radius 3 is 2.83 bits per heavy atom. The van der Waals surface area contributed by atoms with Gasteiger partial charge in [0.25, 0.3) is 0 Å². The minimum Gasteiger partial charge on any atom is -0.505 e. The fourth-order valence-corrected chi connectivity index (χ4v) is 2.87. The summed E-state index contributed by atoms with van der Waals surface area (Å²) in [5.74, 6) is -0.00615. The maximum Gasteiger partial charge on any atom is 0.165 e. The van der Waals surface area contributed by atoms with Gasteiger partial charge < -0.3 is 5.11 Å². The van der Waals surface area contributed by atoms with Gasteiger partial charge in [-0.3, -0.25) is 4.90 Å². The van der Waals surface area contributed by atoms with Gasteiger partial charge in [-0.25, -0.2) is 4.39 Å². The lowest BCUT2D eigenvalue weighted by Crippen LogP contribution is -2.35. The van der Waals surface area contributed by atoms with Crippen molar-refractivity contribution in [2.75, 3.05) is 7.05 Å². The number of phenols is 1. The van der Waals surface area contributed by atoms with Crippen LogP contribution in [0.1, 0.15) is 38.2 Å². The van der Waals surface area contributed by atoms with Crippen LogP contribution >= 0.6 is 0 Å². The Morgan fingerprint density at radius 1 is 1.39 bits per heavy atom. The first kappa shape index (κ1) is 13.3. The van der Waals surface area contributed by atoms with E-state index in [1.54, 1.807) is 6.07 Å². The molecule has 100 valence electrons. The average Bonchev–Trinajstić information content (AvgIpc) is 2.34. The standard InChI is InChI=1S/C15H22FNO/c1-11-4-3-5-13(8-11)17(2)10-12-6-7-15(18)14(16)9-12/h6-7,9,11,13,18H,3-5,8,10H2,1-2H3. The number of rotatable bonds is 3. The van der Waals surface area contributed by atoms with Gasteiger partial charge in [0.1, 0.15) is 0 Å². The number of hydrogen-bond acceptors (Lipinski definition) is 2. The summed E-state index contributed by atoms with van der Waals surface area (Å²) < 4.78 is 13.3. The lowest BCUT2D eigenvalue weighted by Gasteiger charge is -2.34. The van der Waals surface area contributed by atoms with Crippen molar-refractivity contribution in [3.05, 3.63) is 29.6 Å². The first-order valence-electron chi connectivity index (χ1n) is 6.74. The van der Waals surface area contributed by atoms with Crippen molar-refractivity contribution in [1.82, 2.24) is 4.90 Å². The summed E-state index contributed by atoms with van der Waals surface area (Å²) >= 11 is 0. The summed E-state index contributed by atoms with van der Waals surface area (Å²) in [4.78, 5) is 2.31. The molecule has 0 spiro atoms. The number of aromatic hydroxyl groups is 1. The van der Waals surface area contributed by atoms with Gasteiger partial charge in [-0.1, -0.05) is 25.8 Å². The summed E-state index contributed by atoms with van der Waals surface area (Å²) in [6.07, 6.45) is 5.09. The van der Waals surface area contributed by atoms with E-state index in [-0.39, 0.29) is 5.75 Å². The van der Waals surface area contributed by atoms with E-state index in [0.717, 1.165) is 18.0 Å². The maximum absolute atomic E-state index is 13.3. The van der Waals surface area contributed by atoms with Gasteiger partial charge in [0.05, 0.1) is 0 Å². The zero-order valence-electron chi connectivity index (χ0n) is 11.2. The van der Waals surface area contributed by atoms with Crippen LogP contribution in [0.3, 0.4) is 0 Å². The quantitative estimate of drug-likeness (QED) is 0.888. The molecule has 2 rings (SSSR count). The SMILES string of the molecule is CC1CCCC(N(C)Cc2ccc(O)c(F)c2)C1. The number of benzene rings is 1. The summed E-state index contributed by atoms with van der Waals surface area (Å²) in [7, 11) is 2.10. The van der Waals surface area contributed by atoms with Crippen LogP contribution < -0.4 is 0 Å². The molecule has 18 heavy (non-hydrogen) atoms. The van der Waals surface area contributed by atoms with E-state index in [0.29, 0.717) is 6.04 Å². The molecule has 1 aromatic rings. The fourth-order valence-electron chi connectivity index (χ4n) is 2.87. The molecule has 1 aliphatic rings. The zero-order valence-corrected chi connectivity index (χ0v) is 11.2. The van der Waals surface area contributed by atoms with Crippen molar-refractivity contribution in [1.29, 1.82) is 0 Å². The van der Waals surface area contributed by atoms with Crippen molar-refractivity contribution < 1.29 is 9.50 Å². The average molecular weight is 251 g/mol. The molecule has 2 atom stereocenters. The van der Waals surface area contributed by atoms with E-state index in [2.05, 4.69) is 18.9 Å². The molecule has 1 aromatic carbocycles. The highest BCUT2D eigenvalue weighted by molar-refractivity contribution is 5.27. The molecule has 1 N–H and O–H groups in total. The van der Waals surface area contributed by atoms with Gasteiger partial charge in [-0.15, -0.1) is 0 Å². The first-order valence-corrected chi connectivity index (χ1v) is 6.74. The number of halogens is 1. The molecule has 0 saturated heterocycles. The summed E-state index contributed by atoms with van der Waals surface area (Å²) in [5, 5.41) is 9.17. The van der Waals surface area contributed by atoms with Crippen LogP contribution in [0.15, 0.2) is 18.2 Å². The molecular formula is C15H22FNO. The highest BCUT2D eigenvalue weighted by Gasteiger charge is 2.22. The van der Waals surface area contributed by atoms with Crippen molar-refractivity contribution in [3.8, 4) is 5.75 Å². The fraction of sp³-hybridized carbons (Fsp3) is 0.600. The lowest BCUT2D eigenvalue weighted by molar-refractivity contribution is 0.157. The molecular weight excluding hydrogens is 229 g/mol. The van der Waals surface area contributed by atoms with Gasteiger partial charge in [0.15, 0.2) is 11.6 Å². The van der Waals surface area contributed by atoms with E-state index < -0.39 is 5.82 Å². The topological polar surface area (TPSA) is 23.5 Å². The summed E-state index contributed by atoms with van der Waals surface area (Å²) in [5.41, 5.74) is 0.922. The normalized spacial score (nSPS) is 24.4. The Labute approximate surface area is 108 Å². The third-order valence-corrected chi connectivity index (χ3v) is 3.98. The zero-order chi connectivity index (χ0) is 13.1. The second-order valence-corrected chi connectivity index (χ2v) is 5.63. The van der Waals surface area contributed by atoms with E-state index in [1.807, 2.05) is 0 Å². The van der Waals surface area contributed by atoms with Crippen molar-refractivity contribution in [2.45, 2.75) is 45.2 Å². The highest BCUT2D eigenvalue weighted by atomic mass is 19.1. The predicted molar refractivity (Wildman–Crippen MR) is 71.0 cm³/mol. The molecule has 0 aromatic heterocycles. The van der Waals surface area contributed by atoms with Crippen LogP contribution in [0.4, 0.5) is 4.39 Å². The van der Waals surface area contributed by atoms with E-state index in [4.69, 9.17) is 0 Å². The van der Waals surface area contributed by atoms with Gasteiger partial charge in [0.2, 0.25) is 0 Å². The molecule has 0 aliphatic heterocycles. The van der Waals surface area contributed by atoms with E-state index >= 15 is 0 Å². The predicted octanol–water partition coefficient (Wildman–Crippen LogP) is 3.54. The van der Waals surface area contributed by atoms with Crippen molar-refractivity contribution in [3.63, 3.8) is 0 Å². The van der Waals surface area contributed by atoms with Crippen LogP contribution in [0, 0.1) is 11.7 Å². The molecule has 2 nitrogen and oxygen atoms in total. The monoisotopic (exact) mass is 251 g/mol. The lowest BCUT2D eigenvalue weighted by atomic mass is 9.86. The van der Waals surface area contributed by atoms with Gasteiger partial charge in [-0.05, 0) is 43.5 Å². The molecule has 1 saturated carbocycles. The van der Waals surface area contributed by atoms with Crippen LogP contribution in [0.5, 0.6) is 5.75 Å². The Bertz CT molecular complexity index is 407. The second-order valence-electron chi connectivity index (χ2n) is 5.63. The van der Waals surface area contributed by atoms with Crippen LogP contribution in [-0.4, -0.2) is 23.1 Å². The van der Waals surface area contributed by atoms with Crippen molar-refractivity contribution >= 4 is 0 Å². The smallest absolute Gasteiger partial charge is 0.165 e. The Morgan fingerprint density at radius 2 is 2.17 bits per heavy atom. The molecule has 0 radical (unpaired) electrons. The molecule has 0 amide bonds. The van der Waals surface area contributed by atoms with Crippen LogP contribution in [-0.2, 0) is 6.54 Å². The molecule has 1 aliphatic carbocycles. The Balaban J connectivity index is 1.97. The number of nitrogens with zero attached hydrogens (tertiary/aromatic N) is 1. The second kappa shape index (κ2) is 5.70. The first-order chi connectivity index (χ1) is 8.56. The maximum atomic E-state index is 13.3. The summed E-state index contributed by atoms with van der Waals surface area (Å²) in [6.45, 7) is 3.05. The van der Waals surface area contributed by atoms with E-state index in [1.165, 1.54) is 37.8 Å². The molecule has 0 heterocycles. The van der Waals surface area contributed by atoms with Crippen LogP contribution in [0.25, 0.3) is 0 Å². The highest BCUT2D eigenvalue weighted by Crippen LogP contribution is 2.27. The number of hydrogen-bond donors (Lipinski definition) is 1. The van der Waals surface area contributed by atoms with Crippen LogP contribution in [0.2, 0.25) is 0 Å². The van der Waals surface area contributed by atoms with Gasteiger partial charge in [0, 0.05) is 12.6 Å². The minimum atomic E-state index is -0.530. The summed E-state index contributed by atoms with van der Waals surface area (Å²) in [6, 6.07) is 5.26. The van der Waals surface area contributed by atoms with Gasteiger partial charge >= 0.3 is 0 Å². The largest absolute Gasteiger partial charge is 0.505 e.